The molecule has 0 amide bonds. The first kappa shape index (κ1) is 27.7. The van der Waals surface area contributed by atoms with Crippen LogP contribution in [0.2, 0.25) is 0 Å². The minimum absolute atomic E-state index is 0.966. The monoisotopic (exact) mass is 392 g/mol. The van der Waals surface area contributed by atoms with E-state index >= 15 is 0 Å². The second-order valence-corrected chi connectivity index (χ2v) is 9.29. The van der Waals surface area contributed by atoms with Crippen molar-refractivity contribution in [2.45, 2.75) is 156 Å². The summed E-state index contributed by atoms with van der Waals surface area (Å²) in [5.74, 6) is 1.96. The molecule has 28 heavy (non-hydrogen) atoms. The molecule has 168 valence electrons. The van der Waals surface area contributed by atoms with Gasteiger partial charge in [0, 0.05) is 0 Å². The summed E-state index contributed by atoms with van der Waals surface area (Å²) in [5.41, 5.74) is 0. The molecule has 0 nitrogen and oxygen atoms in total. The zero-order valence-corrected chi connectivity index (χ0v) is 20.5. The topological polar surface area (TPSA) is 0 Å². The normalized spacial score (nSPS) is 14.0. The Kier molecular flexibility index (Phi) is 22.8. The van der Waals surface area contributed by atoms with Gasteiger partial charge in [-0.3, -0.25) is 0 Å². The van der Waals surface area contributed by atoms with Gasteiger partial charge in [-0.05, 0) is 37.5 Å². The molecule has 0 rings (SSSR count). The molecule has 0 aliphatic carbocycles. The molecule has 0 aliphatic rings. The van der Waals surface area contributed by atoms with E-state index in [9.17, 15) is 0 Å². The molecule has 0 saturated carbocycles. The number of allylic oxidation sites excluding steroid dienone is 2. The number of hydrogen-bond acceptors (Lipinski definition) is 0. The van der Waals surface area contributed by atoms with Crippen LogP contribution in [0.25, 0.3) is 0 Å². The highest BCUT2D eigenvalue weighted by Crippen LogP contribution is 2.22. The lowest BCUT2D eigenvalue weighted by atomic mass is 9.92. The molecule has 0 aromatic heterocycles. The van der Waals surface area contributed by atoms with Crippen LogP contribution in [-0.2, 0) is 0 Å². The van der Waals surface area contributed by atoms with Crippen LogP contribution in [0, 0.1) is 11.8 Å². The summed E-state index contributed by atoms with van der Waals surface area (Å²) >= 11 is 0. The third-order valence-electron chi connectivity index (χ3n) is 6.73. The van der Waals surface area contributed by atoms with Gasteiger partial charge in [0.1, 0.15) is 0 Å². The molecule has 0 radical (unpaired) electrons. The largest absolute Gasteiger partial charge is 0.0885 e. The minimum atomic E-state index is 0.966. The predicted octanol–water partition coefficient (Wildman–Crippen LogP) is 10.7. The van der Waals surface area contributed by atoms with E-state index in [1.807, 2.05) is 0 Å². The maximum absolute atomic E-state index is 2.47. The predicted molar refractivity (Wildman–Crippen MR) is 131 cm³/mol. The van der Waals surface area contributed by atoms with E-state index in [1.165, 1.54) is 128 Å². The Bertz CT molecular complexity index is 303. The molecule has 0 aromatic rings. The number of unbranched alkanes of at least 4 members (excludes halogenated alkanes) is 10. The highest BCUT2D eigenvalue weighted by Gasteiger charge is 2.06. The van der Waals surface area contributed by atoms with Crippen LogP contribution >= 0.6 is 0 Å². The summed E-state index contributed by atoms with van der Waals surface area (Å²) < 4.78 is 0. The molecular weight excluding hydrogens is 336 g/mol. The molecule has 0 heteroatoms. The van der Waals surface area contributed by atoms with Crippen molar-refractivity contribution in [3.8, 4) is 0 Å². The van der Waals surface area contributed by atoms with E-state index in [1.54, 1.807) is 0 Å². The van der Waals surface area contributed by atoms with E-state index < -0.39 is 0 Å². The van der Waals surface area contributed by atoms with Gasteiger partial charge in [0.2, 0.25) is 0 Å². The van der Waals surface area contributed by atoms with E-state index in [0.717, 1.165) is 11.8 Å². The van der Waals surface area contributed by atoms with Crippen molar-refractivity contribution in [2.75, 3.05) is 0 Å². The fraction of sp³-hybridized carbons (Fsp3) is 0.929. The average Bonchev–Trinajstić information content (AvgIpc) is 2.72. The average molecular weight is 393 g/mol. The summed E-state index contributed by atoms with van der Waals surface area (Å²) in [7, 11) is 0. The first-order valence-electron chi connectivity index (χ1n) is 13.4. The Morgan fingerprint density at radius 2 is 0.857 bits per heavy atom. The van der Waals surface area contributed by atoms with Gasteiger partial charge < -0.3 is 0 Å². The second kappa shape index (κ2) is 23.0. The number of rotatable bonds is 22. The van der Waals surface area contributed by atoms with Gasteiger partial charge in [-0.2, -0.15) is 0 Å². The summed E-state index contributed by atoms with van der Waals surface area (Å²) in [5, 5.41) is 0. The molecule has 2 unspecified atom stereocenters. The molecule has 0 saturated heterocycles. The van der Waals surface area contributed by atoms with Crippen LogP contribution in [0.3, 0.4) is 0 Å². The Labute approximate surface area is 180 Å². The first-order chi connectivity index (χ1) is 13.8. The van der Waals surface area contributed by atoms with Crippen molar-refractivity contribution in [3.05, 3.63) is 12.2 Å². The van der Waals surface area contributed by atoms with Crippen LogP contribution < -0.4 is 0 Å². The van der Waals surface area contributed by atoms with Crippen molar-refractivity contribution in [1.29, 1.82) is 0 Å². The third-order valence-corrected chi connectivity index (χ3v) is 6.73. The van der Waals surface area contributed by atoms with E-state index in [-0.39, 0.29) is 0 Å². The standard InChI is InChI=1S/C28H56/c1-5-9-11-13-16-20-24-28(8-4)26-22-18-15-14-17-21-25-27(7-3)23-19-12-10-6-2/h14,17,27-28H,5-13,15-16,18-26H2,1-4H3. The van der Waals surface area contributed by atoms with Gasteiger partial charge in [-0.1, -0.05) is 143 Å². The second-order valence-electron chi connectivity index (χ2n) is 9.29. The van der Waals surface area contributed by atoms with Crippen LogP contribution in [0.5, 0.6) is 0 Å². The molecular formula is C28H56. The van der Waals surface area contributed by atoms with Gasteiger partial charge in [0.05, 0.1) is 0 Å². The Morgan fingerprint density at radius 1 is 0.429 bits per heavy atom. The van der Waals surface area contributed by atoms with Crippen molar-refractivity contribution in [2.24, 2.45) is 11.8 Å². The lowest BCUT2D eigenvalue weighted by molar-refractivity contribution is 0.397. The highest BCUT2D eigenvalue weighted by atomic mass is 14.1. The highest BCUT2D eigenvalue weighted by molar-refractivity contribution is 4.82. The van der Waals surface area contributed by atoms with Crippen molar-refractivity contribution < 1.29 is 0 Å². The van der Waals surface area contributed by atoms with Crippen molar-refractivity contribution in [3.63, 3.8) is 0 Å². The lowest BCUT2D eigenvalue weighted by Gasteiger charge is -2.14. The Balaban J connectivity index is 3.57. The zero-order chi connectivity index (χ0) is 20.7. The summed E-state index contributed by atoms with van der Waals surface area (Å²) in [6, 6.07) is 0. The quantitative estimate of drug-likeness (QED) is 0.127. The molecule has 0 heterocycles. The van der Waals surface area contributed by atoms with E-state index in [0.29, 0.717) is 0 Å². The summed E-state index contributed by atoms with van der Waals surface area (Å²) in [4.78, 5) is 0. The molecule has 0 N–H and O–H groups in total. The van der Waals surface area contributed by atoms with Gasteiger partial charge in [0.25, 0.3) is 0 Å². The fourth-order valence-corrected chi connectivity index (χ4v) is 4.44. The molecule has 0 fully saturated rings. The van der Waals surface area contributed by atoms with Gasteiger partial charge in [-0.25, -0.2) is 0 Å². The van der Waals surface area contributed by atoms with Crippen LogP contribution in [0.4, 0.5) is 0 Å². The van der Waals surface area contributed by atoms with E-state index in [4.69, 9.17) is 0 Å². The smallest absolute Gasteiger partial charge is 0.0348 e. The van der Waals surface area contributed by atoms with Crippen molar-refractivity contribution in [1.82, 2.24) is 0 Å². The minimum Gasteiger partial charge on any atom is -0.0885 e. The maximum atomic E-state index is 2.47. The Hall–Kier alpha value is -0.260. The van der Waals surface area contributed by atoms with Gasteiger partial charge in [0.15, 0.2) is 0 Å². The van der Waals surface area contributed by atoms with Crippen LogP contribution in [0.15, 0.2) is 12.2 Å². The SMILES string of the molecule is CCCCCCCCC(CC)CCCCC=CCCC(CC)CCCCCC. The zero-order valence-electron chi connectivity index (χ0n) is 20.5. The van der Waals surface area contributed by atoms with E-state index in [2.05, 4.69) is 39.8 Å². The van der Waals surface area contributed by atoms with Gasteiger partial charge in [-0.15, -0.1) is 0 Å². The first-order valence-corrected chi connectivity index (χ1v) is 13.4. The Morgan fingerprint density at radius 3 is 1.43 bits per heavy atom. The lowest BCUT2D eigenvalue weighted by Crippen LogP contribution is -1.99. The van der Waals surface area contributed by atoms with Crippen molar-refractivity contribution >= 4 is 0 Å². The van der Waals surface area contributed by atoms with Gasteiger partial charge >= 0.3 is 0 Å². The summed E-state index contributed by atoms with van der Waals surface area (Å²) in [6.45, 7) is 9.39. The summed E-state index contributed by atoms with van der Waals surface area (Å²) in [6.07, 6.45) is 33.3. The maximum Gasteiger partial charge on any atom is -0.0348 e. The van der Waals surface area contributed by atoms with Crippen LogP contribution in [-0.4, -0.2) is 0 Å². The fourth-order valence-electron chi connectivity index (χ4n) is 4.44. The molecule has 0 spiro atoms. The molecule has 0 aliphatic heterocycles. The molecule has 2 atom stereocenters. The number of hydrogen-bond donors (Lipinski definition) is 0. The third kappa shape index (κ3) is 19.1. The van der Waals surface area contributed by atoms with Crippen LogP contribution in [0.1, 0.15) is 156 Å². The molecule has 0 aromatic carbocycles. The molecule has 0 bridgehead atoms.